The second-order valence-corrected chi connectivity index (χ2v) is 7.24. The number of nitrogens with zero attached hydrogens (tertiary/aromatic N) is 5. The molecule has 0 N–H and O–H groups in total. The molecule has 2 bridgehead atoms. The smallest absolute Gasteiger partial charge is 0.261 e. The van der Waals surface area contributed by atoms with Crippen LogP contribution in [0.5, 0.6) is 0 Å². The lowest BCUT2D eigenvalue weighted by Crippen LogP contribution is -2.37. The van der Waals surface area contributed by atoms with Crippen molar-refractivity contribution in [3.05, 3.63) is 58.4 Å². The number of benzene rings is 1. The van der Waals surface area contributed by atoms with Gasteiger partial charge in [0.1, 0.15) is 5.82 Å². The molecule has 6 nitrogen and oxygen atoms in total. The van der Waals surface area contributed by atoms with Crippen LogP contribution >= 0.6 is 0 Å². The fourth-order valence-corrected chi connectivity index (χ4v) is 4.43. The van der Waals surface area contributed by atoms with Gasteiger partial charge in [-0.2, -0.15) is 5.10 Å². The highest BCUT2D eigenvalue weighted by molar-refractivity contribution is 5.77. The maximum atomic E-state index is 13.0. The highest BCUT2D eigenvalue weighted by Gasteiger charge is 2.37. The van der Waals surface area contributed by atoms with Gasteiger partial charge >= 0.3 is 0 Å². The summed E-state index contributed by atoms with van der Waals surface area (Å²) >= 11 is 0. The molecular weight excluding hydrogens is 314 g/mol. The van der Waals surface area contributed by atoms with E-state index in [1.54, 1.807) is 0 Å². The molecule has 128 valence electrons. The van der Waals surface area contributed by atoms with E-state index in [9.17, 15) is 4.79 Å². The van der Waals surface area contributed by atoms with Gasteiger partial charge in [0.25, 0.3) is 5.56 Å². The van der Waals surface area contributed by atoms with Crippen LogP contribution in [0, 0.1) is 0 Å². The van der Waals surface area contributed by atoms with Crippen molar-refractivity contribution >= 4 is 10.9 Å². The number of aromatic nitrogens is 4. The summed E-state index contributed by atoms with van der Waals surface area (Å²) in [5.74, 6) is 0.937. The highest BCUT2D eigenvalue weighted by atomic mass is 16.1. The predicted octanol–water partition coefficient (Wildman–Crippen LogP) is 1.72. The summed E-state index contributed by atoms with van der Waals surface area (Å²) in [5, 5.41) is 5.01. The third-order valence-corrected chi connectivity index (χ3v) is 5.65. The quantitative estimate of drug-likeness (QED) is 0.715. The highest BCUT2D eigenvalue weighted by Crippen LogP contribution is 2.32. The Morgan fingerprint density at radius 1 is 1.20 bits per heavy atom. The van der Waals surface area contributed by atoms with Crippen molar-refractivity contribution in [2.45, 2.75) is 44.4 Å². The van der Waals surface area contributed by atoms with E-state index >= 15 is 0 Å². The number of hydrogen-bond acceptors (Lipinski definition) is 4. The van der Waals surface area contributed by atoms with Gasteiger partial charge in [0, 0.05) is 50.4 Å². The van der Waals surface area contributed by atoms with Crippen LogP contribution in [0.25, 0.3) is 10.9 Å². The molecular formula is C19H21N5O. The van der Waals surface area contributed by atoms with E-state index in [0.29, 0.717) is 12.1 Å². The molecule has 1 saturated heterocycles. The van der Waals surface area contributed by atoms with E-state index in [1.807, 2.05) is 46.8 Å². The van der Waals surface area contributed by atoms with E-state index in [2.05, 4.69) is 16.2 Å². The van der Waals surface area contributed by atoms with Gasteiger partial charge in [0.2, 0.25) is 0 Å². The van der Waals surface area contributed by atoms with E-state index in [-0.39, 0.29) is 5.56 Å². The van der Waals surface area contributed by atoms with Crippen molar-refractivity contribution in [3.8, 4) is 0 Å². The molecule has 0 radical (unpaired) electrons. The lowest BCUT2D eigenvalue weighted by molar-refractivity contribution is 0.180. The summed E-state index contributed by atoms with van der Waals surface area (Å²) in [6.45, 7) is 1.63. The van der Waals surface area contributed by atoms with Crippen LogP contribution in [0.3, 0.4) is 0 Å². The molecule has 2 aliphatic heterocycles. The standard InChI is InChI=1S/C19H21N5O/c1-22-10-13(9-20-22)11-23-14-6-7-15(23)12-24-18(8-14)21-17-5-3-2-4-16(17)19(24)25/h2-5,9-10,14-15H,6-8,11-12H2,1H3/t14-,15+/m0/s1. The van der Waals surface area contributed by atoms with Gasteiger partial charge in [-0.3, -0.25) is 18.9 Å². The second kappa shape index (κ2) is 5.52. The van der Waals surface area contributed by atoms with Crippen LogP contribution in [-0.2, 0) is 26.6 Å². The molecule has 0 amide bonds. The normalized spacial score (nSPS) is 22.9. The summed E-state index contributed by atoms with van der Waals surface area (Å²) in [5.41, 5.74) is 2.15. The lowest BCUT2D eigenvalue weighted by Gasteiger charge is -2.26. The molecule has 0 unspecified atom stereocenters. The first kappa shape index (κ1) is 14.8. The Hall–Kier alpha value is -2.47. The average Bonchev–Trinajstić information content (AvgIpc) is 3.13. The Balaban J connectivity index is 1.54. The van der Waals surface area contributed by atoms with Crippen molar-refractivity contribution in [1.82, 2.24) is 24.2 Å². The first-order chi connectivity index (χ1) is 12.2. The summed E-state index contributed by atoms with van der Waals surface area (Å²) in [6, 6.07) is 8.53. The summed E-state index contributed by atoms with van der Waals surface area (Å²) < 4.78 is 3.77. The Morgan fingerprint density at radius 3 is 2.88 bits per heavy atom. The van der Waals surface area contributed by atoms with Gasteiger partial charge in [0.15, 0.2) is 0 Å². The molecule has 4 heterocycles. The van der Waals surface area contributed by atoms with E-state index in [4.69, 9.17) is 4.98 Å². The monoisotopic (exact) mass is 335 g/mol. The fourth-order valence-electron chi connectivity index (χ4n) is 4.43. The minimum Gasteiger partial charge on any atom is -0.294 e. The Morgan fingerprint density at radius 2 is 2.04 bits per heavy atom. The molecule has 2 aliphatic rings. The van der Waals surface area contributed by atoms with Crippen LogP contribution in [0.15, 0.2) is 41.5 Å². The van der Waals surface area contributed by atoms with Gasteiger partial charge < -0.3 is 0 Å². The summed E-state index contributed by atoms with van der Waals surface area (Å²) in [7, 11) is 1.95. The number of aryl methyl sites for hydroxylation is 1. The van der Waals surface area contributed by atoms with Crippen molar-refractivity contribution in [1.29, 1.82) is 0 Å². The van der Waals surface area contributed by atoms with Crippen molar-refractivity contribution in [2.24, 2.45) is 7.05 Å². The largest absolute Gasteiger partial charge is 0.294 e. The Kier molecular flexibility index (Phi) is 3.28. The molecule has 25 heavy (non-hydrogen) atoms. The molecule has 2 aromatic heterocycles. The van der Waals surface area contributed by atoms with Crippen molar-refractivity contribution in [2.75, 3.05) is 0 Å². The zero-order valence-corrected chi connectivity index (χ0v) is 14.3. The van der Waals surface area contributed by atoms with E-state index in [0.717, 1.165) is 42.7 Å². The molecule has 6 heteroatoms. The number of rotatable bonds is 2. The fraction of sp³-hybridized carbons (Fsp3) is 0.421. The minimum atomic E-state index is 0.106. The number of para-hydroxylation sites is 1. The molecule has 1 fully saturated rings. The first-order valence-corrected chi connectivity index (χ1v) is 8.91. The molecule has 5 rings (SSSR count). The molecule has 0 aliphatic carbocycles. The van der Waals surface area contributed by atoms with Gasteiger partial charge in [-0.05, 0) is 25.0 Å². The molecule has 2 atom stereocenters. The van der Waals surface area contributed by atoms with Gasteiger partial charge in [-0.25, -0.2) is 4.98 Å². The van der Waals surface area contributed by atoms with Crippen LogP contribution in [-0.4, -0.2) is 36.3 Å². The van der Waals surface area contributed by atoms with Gasteiger partial charge in [-0.15, -0.1) is 0 Å². The van der Waals surface area contributed by atoms with Crippen LogP contribution in [0.4, 0.5) is 0 Å². The minimum absolute atomic E-state index is 0.106. The third kappa shape index (κ3) is 2.40. The molecule has 0 spiro atoms. The summed E-state index contributed by atoms with van der Waals surface area (Å²) in [6.07, 6.45) is 7.18. The van der Waals surface area contributed by atoms with Gasteiger partial charge in [-0.1, -0.05) is 12.1 Å². The molecule has 3 aromatic rings. The topological polar surface area (TPSA) is 56.0 Å². The molecule has 0 saturated carbocycles. The Bertz CT molecular complexity index is 1000. The van der Waals surface area contributed by atoms with Crippen molar-refractivity contribution in [3.63, 3.8) is 0 Å². The number of hydrogen-bond donors (Lipinski definition) is 0. The maximum absolute atomic E-state index is 13.0. The number of fused-ring (bicyclic) bond motifs is 4. The second-order valence-electron chi connectivity index (χ2n) is 7.24. The van der Waals surface area contributed by atoms with Crippen molar-refractivity contribution < 1.29 is 0 Å². The zero-order chi connectivity index (χ0) is 17.0. The zero-order valence-electron chi connectivity index (χ0n) is 14.3. The lowest BCUT2D eigenvalue weighted by atomic mass is 10.1. The first-order valence-electron chi connectivity index (χ1n) is 8.91. The third-order valence-electron chi connectivity index (χ3n) is 5.65. The van der Waals surface area contributed by atoms with Crippen LogP contribution in [0.1, 0.15) is 24.2 Å². The maximum Gasteiger partial charge on any atom is 0.261 e. The van der Waals surface area contributed by atoms with Crippen LogP contribution < -0.4 is 5.56 Å². The van der Waals surface area contributed by atoms with Gasteiger partial charge in [0.05, 0.1) is 17.1 Å². The SMILES string of the molecule is Cn1cc(CN2[C@@H]3CC[C@H]2Cc2nc4ccccc4c(=O)n2C3)cn1. The predicted molar refractivity (Wildman–Crippen MR) is 95.3 cm³/mol. The van der Waals surface area contributed by atoms with E-state index < -0.39 is 0 Å². The van der Waals surface area contributed by atoms with E-state index in [1.165, 1.54) is 12.0 Å². The Labute approximate surface area is 145 Å². The average molecular weight is 335 g/mol. The molecule has 1 aromatic carbocycles. The van der Waals surface area contributed by atoms with Crippen LogP contribution in [0.2, 0.25) is 0 Å². The summed E-state index contributed by atoms with van der Waals surface area (Å²) in [4.78, 5) is 20.3.